The van der Waals surface area contributed by atoms with Gasteiger partial charge in [-0.25, -0.2) is 4.79 Å². The van der Waals surface area contributed by atoms with E-state index in [2.05, 4.69) is 4.74 Å². The summed E-state index contributed by atoms with van der Waals surface area (Å²) < 4.78 is 9.76. The Balaban J connectivity index is 2.45. The van der Waals surface area contributed by atoms with Gasteiger partial charge in [0.2, 0.25) is 0 Å². The molecule has 1 rings (SSSR count). The number of rotatable bonds is 2. The van der Waals surface area contributed by atoms with E-state index in [1.165, 1.54) is 13.2 Å². The molecule has 0 aromatic heterocycles. The van der Waals surface area contributed by atoms with Gasteiger partial charge in [0.15, 0.2) is 0 Å². The second-order valence-corrected chi connectivity index (χ2v) is 2.88. The first-order chi connectivity index (χ1) is 5.76. The highest BCUT2D eigenvalue weighted by atomic mass is 35.5. The predicted molar refractivity (Wildman–Crippen MR) is 44.9 cm³/mol. The molecular weight excluding hydrogens is 180 g/mol. The van der Waals surface area contributed by atoms with Gasteiger partial charge < -0.3 is 9.47 Å². The van der Waals surface area contributed by atoms with Crippen LogP contribution >= 0.6 is 11.6 Å². The van der Waals surface area contributed by atoms with Crippen LogP contribution in [0.15, 0.2) is 11.8 Å². The normalized spacial score (nSPS) is 25.5. The Hall–Kier alpha value is -0.700. The fourth-order valence-corrected chi connectivity index (χ4v) is 1.26. The Morgan fingerprint density at radius 2 is 2.67 bits per heavy atom. The molecule has 0 N–H and O–H groups in total. The van der Waals surface area contributed by atoms with Crippen molar-refractivity contribution in [2.75, 3.05) is 13.0 Å². The molecule has 0 saturated carbocycles. The van der Waals surface area contributed by atoms with Crippen molar-refractivity contribution >= 4 is 17.6 Å². The Labute approximate surface area is 76.3 Å². The average molecular weight is 191 g/mol. The number of hydrogen-bond donors (Lipinski definition) is 0. The maximum Gasteiger partial charge on any atom is 0.333 e. The smallest absolute Gasteiger partial charge is 0.333 e. The summed E-state index contributed by atoms with van der Waals surface area (Å²) >= 11 is 5.58. The van der Waals surface area contributed by atoms with Crippen LogP contribution in [-0.4, -0.2) is 25.1 Å². The quantitative estimate of drug-likeness (QED) is 0.376. The van der Waals surface area contributed by atoms with Crippen LogP contribution in [0.2, 0.25) is 0 Å². The monoisotopic (exact) mass is 190 g/mol. The summed E-state index contributed by atoms with van der Waals surface area (Å²) in [6, 6.07) is 0. The van der Waals surface area contributed by atoms with Crippen LogP contribution in [0.25, 0.3) is 0 Å². The maximum absolute atomic E-state index is 10.8. The van der Waals surface area contributed by atoms with Gasteiger partial charge in [-0.2, -0.15) is 0 Å². The van der Waals surface area contributed by atoms with Crippen LogP contribution < -0.4 is 0 Å². The molecule has 4 heteroatoms. The third-order valence-electron chi connectivity index (χ3n) is 1.68. The average Bonchev–Trinajstić information content (AvgIpc) is 2.52. The summed E-state index contributed by atoms with van der Waals surface area (Å²) in [6.45, 7) is 0. The Morgan fingerprint density at radius 1 is 1.92 bits per heavy atom. The number of allylic oxidation sites excluding steroid dienone is 1. The largest absolute Gasteiger partial charge is 0.493 e. The van der Waals surface area contributed by atoms with Gasteiger partial charge in [-0.3, -0.25) is 0 Å². The molecule has 0 aromatic carbocycles. The first-order valence-corrected chi connectivity index (χ1v) is 4.31. The van der Waals surface area contributed by atoms with Gasteiger partial charge in [-0.1, -0.05) is 0 Å². The van der Waals surface area contributed by atoms with E-state index in [1.54, 1.807) is 0 Å². The number of carbonyl (C=O) groups is 1. The highest BCUT2D eigenvalue weighted by Gasteiger charge is 2.20. The molecule has 0 amide bonds. The van der Waals surface area contributed by atoms with Crippen LogP contribution in [0.1, 0.15) is 12.8 Å². The van der Waals surface area contributed by atoms with Gasteiger partial charge in [-0.05, 0) is 6.42 Å². The summed E-state index contributed by atoms with van der Waals surface area (Å²) in [7, 11) is 1.34. The highest BCUT2D eigenvalue weighted by Crippen LogP contribution is 2.23. The second-order valence-electron chi connectivity index (χ2n) is 2.57. The molecule has 1 aliphatic rings. The molecule has 1 aliphatic heterocycles. The number of carbonyl (C=O) groups excluding carboxylic acids is 1. The molecular formula is C8H11ClO3. The number of esters is 1. The molecule has 0 spiro atoms. The van der Waals surface area contributed by atoms with Crippen molar-refractivity contribution in [3.63, 3.8) is 0 Å². The van der Waals surface area contributed by atoms with E-state index in [9.17, 15) is 4.79 Å². The second kappa shape index (κ2) is 4.36. The lowest BCUT2D eigenvalue weighted by atomic mass is 10.2. The number of halogens is 1. The zero-order chi connectivity index (χ0) is 8.97. The molecule has 0 unspecified atom stereocenters. The molecule has 1 atom stereocenters. The van der Waals surface area contributed by atoms with Crippen molar-refractivity contribution in [3.8, 4) is 0 Å². The minimum absolute atomic E-state index is 0.0579. The first-order valence-electron chi connectivity index (χ1n) is 3.77. The summed E-state index contributed by atoms with van der Waals surface area (Å²) in [4.78, 5) is 10.8. The van der Waals surface area contributed by atoms with Gasteiger partial charge >= 0.3 is 5.97 Å². The number of ether oxygens (including phenoxy) is 2. The standard InChI is InChI=1S/C8H11ClO3/c1-11-8(10)4-6-2-3-7(5-9)12-6/h4,7H,2-3,5H2,1H3/b6-4-/t7-/m0/s1. The molecule has 1 heterocycles. The van der Waals surface area contributed by atoms with Crippen molar-refractivity contribution in [2.45, 2.75) is 18.9 Å². The van der Waals surface area contributed by atoms with E-state index in [-0.39, 0.29) is 12.1 Å². The number of alkyl halides is 1. The van der Waals surface area contributed by atoms with E-state index >= 15 is 0 Å². The van der Waals surface area contributed by atoms with Crippen LogP contribution in [0.5, 0.6) is 0 Å². The fourth-order valence-electron chi connectivity index (χ4n) is 1.04. The van der Waals surface area contributed by atoms with Crippen molar-refractivity contribution in [3.05, 3.63) is 11.8 Å². The van der Waals surface area contributed by atoms with E-state index in [4.69, 9.17) is 16.3 Å². The van der Waals surface area contributed by atoms with Crippen molar-refractivity contribution in [2.24, 2.45) is 0 Å². The van der Waals surface area contributed by atoms with Crippen LogP contribution in [0, 0.1) is 0 Å². The van der Waals surface area contributed by atoms with Crippen LogP contribution in [-0.2, 0) is 14.3 Å². The van der Waals surface area contributed by atoms with Gasteiger partial charge in [-0.15, -0.1) is 11.6 Å². The number of hydrogen-bond acceptors (Lipinski definition) is 3. The van der Waals surface area contributed by atoms with Gasteiger partial charge in [0.1, 0.15) is 11.9 Å². The van der Waals surface area contributed by atoms with Gasteiger partial charge in [0, 0.05) is 6.42 Å². The number of methoxy groups -OCH3 is 1. The molecule has 1 fully saturated rings. The fraction of sp³-hybridized carbons (Fsp3) is 0.625. The van der Waals surface area contributed by atoms with E-state index < -0.39 is 0 Å². The SMILES string of the molecule is COC(=O)/C=C1/CC[C@@H](CCl)O1. The van der Waals surface area contributed by atoms with E-state index in [0.29, 0.717) is 11.6 Å². The molecule has 1 saturated heterocycles. The lowest BCUT2D eigenvalue weighted by Crippen LogP contribution is -2.05. The Bertz CT molecular complexity index is 200. The summed E-state index contributed by atoms with van der Waals surface area (Å²) in [5.74, 6) is 0.770. The first kappa shape index (κ1) is 9.39. The minimum atomic E-state index is -0.375. The van der Waals surface area contributed by atoms with Gasteiger partial charge in [0.25, 0.3) is 0 Å². The molecule has 12 heavy (non-hydrogen) atoms. The van der Waals surface area contributed by atoms with Crippen LogP contribution in [0.4, 0.5) is 0 Å². The van der Waals surface area contributed by atoms with Crippen molar-refractivity contribution in [1.82, 2.24) is 0 Å². The molecule has 0 aliphatic carbocycles. The minimum Gasteiger partial charge on any atom is -0.493 e. The van der Waals surface area contributed by atoms with Crippen molar-refractivity contribution in [1.29, 1.82) is 0 Å². The topological polar surface area (TPSA) is 35.5 Å². The molecule has 0 aromatic rings. The van der Waals surface area contributed by atoms with E-state index in [0.717, 1.165) is 12.8 Å². The van der Waals surface area contributed by atoms with Crippen LogP contribution in [0.3, 0.4) is 0 Å². The summed E-state index contributed by atoms with van der Waals surface area (Å²) in [5, 5.41) is 0. The van der Waals surface area contributed by atoms with E-state index in [1.807, 2.05) is 0 Å². The zero-order valence-corrected chi connectivity index (χ0v) is 7.63. The summed E-state index contributed by atoms with van der Waals surface area (Å²) in [6.07, 6.45) is 3.08. The zero-order valence-electron chi connectivity index (χ0n) is 6.88. The van der Waals surface area contributed by atoms with Gasteiger partial charge in [0.05, 0.1) is 19.1 Å². The molecule has 3 nitrogen and oxygen atoms in total. The molecule has 0 bridgehead atoms. The molecule has 0 radical (unpaired) electrons. The Kier molecular flexibility index (Phi) is 3.41. The lowest BCUT2D eigenvalue weighted by Gasteiger charge is -2.04. The van der Waals surface area contributed by atoms with Crippen molar-refractivity contribution < 1.29 is 14.3 Å². The lowest BCUT2D eigenvalue weighted by molar-refractivity contribution is -0.135. The third kappa shape index (κ3) is 2.41. The predicted octanol–water partition coefficient (Wildman–Crippen LogP) is 1.46. The highest BCUT2D eigenvalue weighted by molar-refractivity contribution is 6.18. The summed E-state index contributed by atoms with van der Waals surface area (Å²) in [5.41, 5.74) is 0. The Morgan fingerprint density at radius 3 is 3.17 bits per heavy atom. The molecule has 68 valence electrons. The maximum atomic E-state index is 10.8. The third-order valence-corrected chi connectivity index (χ3v) is 2.03.